The van der Waals surface area contributed by atoms with E-state index in [-0.39, 0.29) is 37.6 Å². The van der Waals surface area contributed by atoms with Gasteiger partial charge >= 0.3 is 5.69 Å². The maximum Gasteiger partial charge on any atom is 0.328 e. The number of amides is 2. The van der Waals surface area contributed by atoms with Crippen molar-refractivity contribution in [3.05, 3.63) is 62.9 Å². The SMILES string of the molecule is NC(=O)c1ccccc1OCC#CCNC(=O)CCn1ccc(=O)[nH]c1=O. The van der Waals surface area contributed by atoms with Gasteiger partial charge in [-0.3, -0.25) is 19.4 Å². The standard InChI is InChI=1S/C18H18N4O5/c19-17(25)13-5-1-2-6-14(13)27-12-4-3-9-20-15(23)7-10-22-11-8-16(24)21-18(22)26/h1-2,5-6,8,11H,7,9-10,12H2,(H2,19,25)(H,20,23)(H,21,24,26). The van der Waals surface area contributed by atoms with Crippen molar-refractivity contribution in [1.29, 1.82) is 0 Å². The lowest BCUT2D eigenvalue weighted by molar-refractivity contribution is -0.121. The summed E-state index contributed by atoms with van der Waals surface area (Å²) in [4.78, 5) is 47.5. The lowest BCUT2D eigenvalue weighted by Gasteiger charge is -2.06. The molecule has 0 saturated carbocycles. The van der Waals surface area contributed by atoms with Crippen LogP contribution in [0.2, 0.25) is 0 Å². The Labute approximate surface area is 154 Å². The number of nitrogens with zero attached hydrogens (tertiary/aromatic N) is 1. The number of rotatable bonds is 7. The number of carbonyl (C=O) groups is 2. The molecule has 9 nitrogen and oxygen atoms in total. The van der Waals surface area contributed by atoms with Crippen LogP contribution in [-0.2, 0) is 11.3 Å². The lowest BCUT2D eigenvalue weighted by atomic mass is 10.2. The summed E-state index contributed by atoms with van der Waals surface area (Å²) < 4.78 is 6.61. The van der Waals surface area contributed by atoms with Crippen molar-refractivity contribution in [2.24, 2.45) is 5.73 Å². The van der Waals surface area contributed by atoms with Gasteiger partial charge in [-0.05, 0) is 12.1 Å². The predicted molar refractivity (Wildman–Crippen MR) is 97.2 cm³/mol. The van der Waals surface area contributed by atoms with Crippen molar-refractivity contribution in [2.75, 3.05) is 13.2 Å². The van der Waals surface area contributed by atoms with Crippen LogP contribution in [0.4, 0.5) is 0 Å². The minimum absolute atomic E-state index is 0.0347. The third kappa shape index (κ3) is 6.21. The zero-order chi connectivity index (χ0) is 19.6. The molecule has 9 heteroatoms. The second kappa shape index (κ2) is 9.62. The van der Waals surface area contributed by atoms with Gasteiger partial charge in [0.1, 0.15) is 12.4 Å². The Morgan fingerprint density at radius 3 is 2.70 bits per heavy atom. The van der Waals surface area contributed by atoms with E-state index in [0.29, 0.717) is 5.75 Å². The molecule has 2 rings (SSSR count). The molecular weight excluding hydrogens is 352 g/mol. The van der Waals surface area contributed by atoms with Crippen molar-refractivity contribution in [1.82, 2.24) is 14.9 Å². The van der Waals surface area contributed by atoms with Crippen LogP contribution in [0.3, 0.4) is 0 Å². The lowest BCUT2D eigenvalue weighted by Crippen LogP contribution is -2.31. The molecule has 1 heterocycles. The van der Waals surface area contributed by atoms with Gasteiger partial charge in [-0.25, -0.2) is 4.79 Å². The number of hydrogen-bond acceptors (Lipinski definition) is 5. The Morgan fingerprint density at radius 2 is 1.96 bits per heavy atom. The molecule has 0 aliphatic heterocycles. The molecule has 0 saturated heterocycles. The summed E-state index contributed by atoms with van der Waals surface area (Å²) in [5, 5.41) is 2.58. The number of aryl methyl sites for hydroxylation is 1. The van der Waals surface area contributed by atoms with Crippen LogP contribution >= 0.6 is 0 Å². The zero-order valence-electron chi connectivity index (χ0n) is 14.4. The number of nitrogens with two attached hydrogens (primary N) is 1. The summed E-state index contributed by atoms with van der Waals surface area (Å²) in [6.07, 6.45) is 1.39. The first-order valence-corrected chi connectivity index (χ1v) is 8.01. The molecule has 0 aliphatic carbocycles. The predicted octanol–water partition coefficient (Wildman–Crippen LogP) is -0.776. The van der Waals surface area contributed by atoms with Crippen LogP contribution in [0.1, 0.15) is 16.8 Å². The van der Waals surface area contributed by atoms with Crippen molar-refractivity contribution in [3.8, 4) is 17.6 Å². The molecule has 2 aromatic rings. The van der Waals surface area contributed by atoms with E-state index in [0.717, 1.165) is 0 Å². The van der Waals surface area contributed by atoms with Crippen molar-refractivity contribution < 1.29 is 14.3 Å². The van der Waals surface area contributed by atoms with Crippen LogP contribution in [0.25, 0.3) is 0 Å². The molecule has 27 heavy (non-hydrogen) atoms. The molecule has 0 atom stereocenters. The summed E-state index contributed by atoms with van der Waals surface area (Å²) >= 11 is 0. The maximum absolute atomic E-state index is 11.7. The quantitative estimate of drug-likeness (QED) is 0.550. The van der Waals surface area contributed by atoms with E-state index < -0.39 is 17.2 Å². The highest BCUT2D eigenvalue weighted by Crippen LogP contribution is 2.16. The number of ether oxygens (including phenoxy) is 1. The second-order valence-electron chi connectivity index (χ2n) is 5.33. The van der Waals surface area contributed by atoms with Gasteiger partial charge in [0.25, 0.3) is 11.5 Å². The van der Waals surface area contributed by atoms with Gasteiger partial charge in [0, 0.05) is 25.2 Å². The van der Waals surface area contributed by atoms with Crippen LogP contribution in [0, 0.1) is 11.8 Å². The Hall–Kier alpha value is -3.80. The molecule has 0 aliphatic rings. The van der Waals surface area contributed by atoms with Crippen molar-refractivity contribution in [2.45, 2.75) is 13.0 Å². The Morgan fingerprint density at radius 1 is 1.19 bits per heavy atom. The van der Waals surface area contributed by atoms with Crippen LogP contribution < -0.4 is 27.0 Å². The van der Waals surface area contributed by atoms with Gasteiger partial charge in [0.2, 0.25) is 5.91 Å². The fourth-order valence-electron chi connectivity index (χ4n) is 2.10. The normalized spacial score (nSPS) is 9.78. The molecule has 0 bridgehead atoms. The number of nitrogens with one attached hydrogen (secondary N) is 2. The second-order valence-corrected chi connectivity index (χ2v) is 5.33. The highest BCUT2D eigenvalue weighted by Gasteiger charge is 2.07. The van der Waals surface area contributed by atoms with Crippen LogP contribution in [-0.4, -0.2) is 34.5 Å². The first-order valence-electron chi connectivity index (χ1n) is 8.01. The maximum atomic E-state index is 11.7. The number of benzene rings is 1. The van der Waals surface area contributed by atoms with Gasteiger partial charge in [0.05, 0.1) is 12.1 Å². The average molecular weight is 370 g/mol. The molecule has 0 radical (unpaired) electrons. The summed E-state index contributed by atoms with van der Waals surface area (Å²) in [6, 6.07) is 7.76. The highest BCUT2D eigenvalue weighted by molar-refractivity contribution is 5.95. The summed E-state index contributed by atoms with van der Waals surface area (Å²) in [6.45, 7) is 0.287. The largest absolute Gasteiger partial charge is 0.480 e. The molecule has 1 aromatic carbocycles. The number of hydrogen-bond donors (Lipinski definition) is 3. The number of aromatic amines is 1. The number of para-hydroxylation sites is 1. The number of H-pyrrole nitrogens is 1. The molecule has 140 valence electrons. The minimum Gasteiger partial charge on any atom is -0.480 e. The van der Waals surface area contributed by atoms with Crippen molar-refractivity contribution in [3.63, 3.8) is 0 Å². The monoisotopic (exact) mass is 370 g/mol. The van der Waals surface area contributed by atoms with Gasteiger partial charge in [-0.15, -0.1) is 0 Å². The fourth-order valence-corrected chi connectivity index (χ4v) is 2.10. The fraction of sp³-hybridized carbons (Fsp3) is 0.222. The average Bonchev–Trinajstić information content (AvgIpc) is 2.64. The molecule has 0 spiro atoms. The first-order chi connectivity index (χ1) is 13.0. The molecule has 2 amide bonds. The third-order valence-corrected chi connectivity index (χ3v) is 3.43. The molecule has 4 N–H and O–H groups in total. The van der Waals surface area contributed by atoms with E-state index in [1.807, 2.05) is 0 Å². The van der Waals surface area contributed by atoms with Gasteiger partial charge in [-0.2, -0.15) is 0 Å². The van der Waals surface area contributed by atoms with E-state index in [2.05, 4.69) is 22.1 Å². The topological polar surface area (TPSA) is 136 Å². The molecular formula is C18H18N4O5. The van der Waals surface area contributed by atoms with E-state index in [4.69, 9.17) is 10.5 Å². The third-order valence-electron chi connectivity index (χ3n) is 3.43. The minimum atomic E-state index is -0.590. The zero-order valence-corrected chi connectivity index (χ0v) is 14.4. The van der Waals surface area contributed by atoms with Gasteiger partial charge in [0.15, 0.2) is 0 Å². The molecule has 1 aromatic heterocycles. The number of carbonyl (C=O) groups excluding carboxylic acids is 2. The molecule has 0 fully saturated rings. The summed E-state index contributed by atoms with van der Waals surface area (Å²) in [5.74, 6) is 4.89. The van der Waals surface area contributed by atoms with E-state index >= 15 is 0 Å². The highest BCUT2D eigenvalue weighted by atomic mass is 16.5. The van der Waals surface area contributed by atoms with Crippen LogP contribution in [0.15, 0.2) is 46.1 Å². The van der Waals surface area contributed by atoms with E-state index in [1.165, 1.54) is 16.8 Å². The number of aromatic nitrogens is 2. The molecule has 0 unspecified atom stereocenters. The van der Waals surface area contributed by atoms with E-state index in [9.17, 15) is 19.2 Å². The summed E-state index contributed by atoms with van der Waals surface area (Å²) in [7, 11) is 0. The smallest absolute Gasteiger partial charge is 0.328 e. The Bertz CT molecular complexity index is 997. The Balaban J connectivity index is 1.72. The van der Waals surface area contributed by atoms with Crippen LogP contribution in [0.5, 0.6) is 5.75 Å². The van der Waals surface area contributed by atoms with Gasteiger partial charge < -0.3 is 20.4 Å². The first kappa shape index (κ1) is 19.5. The van der Waals surface area contributed by atoms with E-state index in [1.54, 1.807) is 24.3 Å². The number of primary amides is 1. The van der Waals surface area contributed by atoms with Crippen molar-refractivity contribution >= 4 is 11.8 Å². The summed E-state index contributed by atoms with van der Waals surface area (Å²) in [5.41, 5.74) is 4.46. The Kier molecular flexibility index (Phi) is 6.96. The van der Waals surface area contributed by atoms with Gasteiger partial charge in [-0.1, -0.05) is 24.0 Å².